The van der Waals surface area contributed by atoms with E-state index in [1.165, 1.54) is 25.3 Å². The second-order valence-corrected chi connectivity index (χ2v) is 8.50. The van der Waals surface area contributed by atoms with Crippen molar-refractivity contribution in [1.29, 1.82) is 0 Å². The SMILES string of the molecule is COc1cc(/C=C2/SC(=O)N(CC(=O)Nc3cccc(F)c3)C2=O)ccc1OCc1ccccc1. The highest BCUT2D eigenvalue weighted by atomic mass is 32.2. The van der Waals surface area contributed by atoms with Crippen LogP contribution in [0.1, 0.15) is 11.1 Å². The van der Waals surface area contributed by atoms with Crippen LogP contribution >= 0.6 is 11.8 Å². The van der Waals surface area contributed by atoms with Crippen molar-refractivity contribution in [2.75, 3.05) is 19.0 Å². The van der Waals surface area contributed by atoms with Crippen LogP contribution in [0.5, 0.6) is 11.5 Å². The highest BCUT2D eigenvalue weighted by molar-refractivity contribution is 8.18. The van der Waals surface area contributed by atoms with E-state index in [9.17, 15) is 18.8 Å². The number of carbonyl (C=O) groups excluding carboxylic acids is 3. The van der Waals surface area contributed by atoms with Crippen LogP contribution in [0.25, 0.3) is 6.08 Å². The quantitative estimate of drug-likeness (QED) is 0.441. The number of nitrogens with zero attached hydrogens (tertiary/aromatic N) is 1. The number of nitrogens with one attached hydrogen (secondary N) is 1. The summed E-state index contributed by atoms with van der Waals surface area (Å²) in [6.07, 6.45) is 1.55. The number of hydrogen-bond acceptors (Lipinski definition) is 6. The summed E-state index contributed by atoms with van der Waals surface area (Å²) in [7, 11) is 1.51. The molecule has 0 spiro atoms. The minimum absolute atomic E-state index is 0.175. The minimum atomic E-state index is -0.610. The molecule has 0 bridgehead atoms. The second kappa shape index (κ2) is 10.9. The minimum Gasteiger partial charge on any atom is -0.493 e. The third kappa shape index (κ3) is 6.07. The van der Waals surface area contributed by atoms with Gasteiger partial charge in [0.15, 0.2) is 11.5 Å². The molecule has 1 saturated heterocycles. The summed E-state index contributed by atoms with van der Waals surface area (Å²) in [4.78, 5) is 38.4. The number of carbonyl (C=O) groups is 3. The molecule has 1 aliphatic heterocycles. The zero-order valence-electron chi connectivity index (χ0n) is 18.7. The number of ether oxygens (including phenoxy) is 2. The van der Waals surface area contributed by atoms with Gasteiger partial charge in [0.1, 0.15) is 19.0 Å². The van der Waals surface area contributed by atoms with Crippen molar-refractivity contribution < 1.29 is 28.2 Å². The first-order valence-electron chi connectivity index (χ1n) is 10.6. The molecule has 0 saturated carbocycles. The van der Waals surface area contributed by atoms with Crippen molar-refractivity contribution >= 4 is 40.6 Å². The number of amides is 3. The van der Waals surface area contributed by atoms with Gasteiger partial charge in [0.2, 0.25) is 5.91 Å². The van der Waals surface area contributed by atoms with Crippen molar-refractivity contribution in [3.63, 3.8) is 0 Å². The van der Waals surface area contributed by atoms with Crippen LogP contribution in [0, 0.1) is 5.82 Å². The summed E-state index contributed by atoms with van der Waals surface area (Å²) in [6, 6.07) is 20.2. The fraction of sp³-hybridized carbons (Fsp3) is 0.115. The van der Waals surface area contributed by atoms with E-state index < -0.39 is 29.4 Å². The number of thioether (sulfide) groups is 1. The molecule has 7 nitrogen and oxygen atoms in total. The van der Waals surface area contributed by atoms with Crippen LogP contribution in [0.2, 0.25) is 0 Å². The third-order valence-corrected chi connectivity index (χ3v) is 5.91. The fourth-order valence-electron chi connectivity index (χ4n) is 3.33. The maximum absolute atomic E-state index is 13.3. The van der Waals surface area contributed by atoms with Crippen molar-refractivity contribution in [2.45, 2.75) is 6.61 Å². The van der Waals surface area contributed by atoms with E-state index in [2.05, 4.69) is 5.32 Å². The van der Waals surface area contributed by atoms with Gasteiger partial charge >= 0.3 is 0 Å². The van der Waals surface area contributed by atoms with Crippen LogP contribution in [0.3, 0.4) is 0 Å². The molecule has 178 valence electrons. The summed E-state index contributed by atoms with van der Waals surface area (Å²) in [5, 5.41) is 1.91. The van der Waals surface area contributed by atoms with Gasteiger partial charge in [-0.1, -0.05) is 42.5 Å². The number of anilines is 1. The van der Waals surface area contributed by atoms with Gasteiger partial charge in [-0.15, -0.1) is 0 Å². The molecule has 1 aliphatic rings. The lowest BCUT2D eigenvalue weighted by atomic mass is 10.1. The van der Waals surface area contributed by atoms with Gasteiger partial charge in [0, 0.05) is 5.69 Å². The van der Waals surface area contributed by atoms with E-state index in [0.29, 0.717) is 23.7 Å². The predicted molar refractivity (Wildman–Crippen MR) is 131 cm³/mol. The lowest BCUT2D eigenvalue weighted by molar-refractivity contribution is -0.127. The van der Waals surface area contributed by atoms with Crippen LogP contribution < -0.4 is 14.8 Å². The number of imide groups is 1. The van der Waals surface area contributed by atoms with Crippen LogP contribution in [-0.4, -0.2) is 35.6 Å². The maximum Gasteiger partial charge on any atom is 0.294 e. The standard InChI is InChI=1S/C26H21FN2O5S/c1-33-22-12-18(10-11-21(22)34-16-17-6-3-2-4-7-17)13-23-25(31)29(26(32)35-23)15-24(30)28-20-9-5-8-19(27)14-20/h2-14H,15-16H2,1H3,(H,28,30)/b23-13+. The third-order valence-electron chi connectivity index (χ3n) is 5.01. The molecule has 0 atom stereocenters. The van der Waals surface area contributed by atoms with Crippen molar-refractivity contribution in [3.05, 3.63) is 94.6 Å². The summed E-state index contributed by atoms with van der Waals surface area (Å²) < 4.78 is 24.6. The van der Waals surface area contributed by atoms with Crippen LogP contribution in [0.15, 0.2) is 77.7 Å². The van der Waals surface area contributed by atoms with E-state index in [4.69, 9.17) is 9.47 Å². The Balaban J connectivity index is 1.43. The van der Waals surface area contributed by atoms with E-state index >= 15 is 0 Å². The molecular formula is C26H21FN2O5S. The molecule has 35 heavy (non-hydrogen) atoms. The Labute approximate surface area is 205 Å². The van der Waals surface area contributed by atoms with Gasteiger partial charge < -0.3 is 14.8 Å². The van der Waals surface area contributed by atoms with Gasteiger partial charge in [-0.05, 0) is 59.3 Å². The molecule has 0 radical (unpaired) electrons. The maximum atomic E-state index is 13.3. The lowest BCUT2D eigenvalue weighted by Crippen LogP contribution is -2.36. The molecule has 9 heteroatoms. The summed E-state index contributed by atoms with van der Waals surface area (Å²) in [5.74, 6) is -0.693. The van der Waals surface area contributed by atoms with Crippen LogP contribution in [0.4, 0.5) is 14.9 Å². The molecule has 1 N–H and O–H groups in total. The Hall–Kier alpha value is -4.11. The first kappa shape index (κ1) is 24.0. The Morgan fingerprint density at radius 2 is 1.83 bits per heavy atom. The number of benzene rings is 3. The first-order valence-corrected chi connectivity index (χ1v) is 11.4. The van der Waals surface area contributed by atoms with Crippen LogP contribution in [-0.2, 0) is 16.2 Å². The van der Waals surface area contributed by atoms with E-state index in [0.717, 1.165) is 28.3 Å². The molecule has 0 aliphatic carbocycles. The number of methoxy groups -OCH3 is 1. The monoisotopic (exact) mass is 492 g/mol. The zero-order chi connectivity index (χ0) is 24.8. The Morgan fingerprint density at radius 1 is 1.03 bits per heavy atom. The van der Waals surface area contributed by atoms with E-state index in [1.54, 1.807) is 24.3 Å². The largest absolute Gasteiger partial charge is 0.493 e. The fourth-order valence-corrected chi connectivity index (χ4v) is 4.16. The van der Waals surface area contributed by atoms with Gasteiger partial charge in [-0.3, -0.25) is 19.3 Å². The van der Waals surface area contributed by atoms with Crippen molar-refractivity contribution in [2.24, 2.45) is 0 Å². The summed E-state index contributed by atoms with van der Waals surface area (Å²) >= 11 is 0.739. The average molecular weight is 493 g/mol. The molecule has 0 aromatic heterocycles. The Kier molecular flexibility index (Phi) is 7.47. The number of halogens is 1. The summed E-state index contributed by atoms with van der Waals surface area (Å²) in [5.41, 5.74) is 1.87. The highest BCUT2D eigenvalue weighted by Crippen LogP contribution is 2.34. The molecule has 1 heterocycles. The van der Waals surface area contributed by atoms with Gasteiger partial charge in [0.25, 0.3) is 11.1 Å². The molecule has 3 amide bonds. The average Bonchev–Trinajstić information content (AvgIpc) is 3.11. The van der Waals surface area contributed by atoms with E-state index in [-0.39, 0.29) is 10.6 Å². The Bertz CT molecular complexity index is 1300. The number of rotatable bonds is 8. The topological polar surface area (TPSA) is 84.9 Å². The highest BCUT2D eigenvalue weighted by Gasteiger charge is 2.36. The van der Waals surface area contributed by atoms with Crippen molar-refractivity contribution in [1.82, 2.24) is 4.90 Å². The molecule has 0 unspecified atom stereocenters. The zero-order valence-corrected chi connectivity index (χ0v) is 19.5. The van der Waals surface area contributed by atoms with E-state index in [1.807, 2.05) is 30.3 Å². The van der Waals surface area contributed by atoms with Gasteiger partial charge in [0.05, 0.1) is 12.0 Å². The predicted octanol–water partition coefficient (Wildman–Crippen LogP) is 5.09. The molecule has 4 rings (SSSR count). The second-order valence-electron chi connectivity index (χ2n) is 7.51. The molecule has 3 aromatic carbocycles. The normalized spacial score (nSPS) is 14.3. The molecule has 1 fully saturated rings. The van der Waals surface area contributed by atoms with Gasteiger partial charge in [-0.25, -0.2) is 4.39 Å². The molecular weight excluding hydrogens is 471 g/mol. The first-order chi connectivity index (χ1) is 16.9. The smallest absolute Gasteiger partial charge is 0.294 e. The summed E-state index contributed by atoms with van der Waals surface area (Å²) in [6.45, 7) is -0.110. The number of hydrogen-bond donors (Lipinski definition) is 1. The van der Waals surface area contributed by atoms with Gasteiger partial charge in [-0.2, -0.15) is 0 Å². The molecule has 3 aromatic rings. The Morgan fingerprint density at radius 3 is 2.57 bits per heavy atom. The lowest BCUT2D eigenvalue weighted by Gasteiger charge is -2.12. The van der Waals surface area contributed by atoms with Crippen molar-refractivity contribution in [3.8, 4) is 11.5 Å².